The Morgan fingerprint density at radius 2 is 2.06 bits per heavy atom. The summed E-state index contributed by atoms with van der Waals surface area (Å²) in [7, 11) is 1.32. The fraction of sp³-hybridized carbons (Fsp3) is 0.818. The van der Waals surface area contributed by atoms with Crippen LogP contribution in [0.3, 0.4) is 0 Å². The first kappa shape index (κ1) is 12.5. The summed E-state index contributed by atoms with van der Waals surface area (Å²) in [6.07, 6.45) is 2.12. The number of hydrogen-bond acceptors (Lipinski definition) is 3. The van der Waals surface area contributed by atoms with E-state index in [0.29, 0.717) is 19.3 Å². The fourth-order valence-corrected chi connectivity index (χ4v) is 3.40. The van der Waals surface area contributed by atoms with E-state index in [1.165, 1.54) is 7.11 Å². The second kappa shape index (κ2) is 4.72. The lowest BCUT2D eigenvalue weighted by Crippen LogP contribution is -2.59. The van der Waals surface area contributed by atoms with E-state index in [-0.39, 0.29) is 17.5 Å². The summed E-state index contributed by atoms with van der Waals surface area (Å²) in [5, 5.41) is 9.14. The van der Waals surface area contributed by atoms with Gasteiger partial charge >= 0.3 is 12.1 Å². The van der Waals surface area contributed by atoms with E-state index in [9.17, 15) is 14.7 Å². The van der Waals surface area contributed by atoms with Crippen LogP contribution >= 0.6 is 11.6 Å². The molecule has 0 saturated carbocycles. The van der Waals surface area contributed by atoms with Crippen molar-refractivity contribution in [2.24, 2.45) is 5.92 Å². The molecule has 4 atom stereocenters. The molecule has 1 amide bonds. The number of carbonyl (C=O) groups excluding carboxylic acids is 1. The Morgan fingerprint density at radius 1 is 1.35 bits per heavy atom. The molecule has 17 heavy (non-hydrogen) atoms. The molecule has 0 aliphatic carbocycles. The summed E-state index contributed by atoms with van der Waals surface area (Å²) in [6, 6.07) is -0.297. The van der Waals surface area contributed by atoms with E-state index >= 15 is 0 Å². The van der Waals surface area contributed by atoms with Gasteiger partial charge in [0.1, 0.15) is 0 Å². The molecule has 2 fully saturated rings. The monoisotopic (exact) mass is 261 g/mol. The number of hydrogen-bond donors (Lipinski definition) is 1. The van der Waals surface area contributed by atoms with Crippen LogP contribution in [-0.2, 0) is 9.53 Å². The predicted octanol–water partition coefficient (Wildman–Crippen LogP) is 1.69. The Hall–Kier alpha value is -0.970. The van der Waals surface area contributed by atoms with Crippen molar-refractivity contribution in [3.63, 3.8) is 0 Å². The number of rotatable bonds is 1. The highest BCUT2D eigenvalue weighted by molar-refractivity contribution is 6.20. The topological polar surface area (TPSA) is 66.8 Å². The number of aliphatic carboxylic acids is 1. The minimum Gasteiger partial charge on any atom is -0.481 e. The largest absolute Gasteiger partial charge is 0.481 e. The van der Waals surface area contributed by atoms with E-state index < -0.39 is 18.0 Å². The molecule has 0 radical (unpaired) electrons. The molecule has 0 spiro atoms. The van der Waals surface area contributed by atoms with Crippen molar-refractivity contribution < 1.29 is 19.4 Å². The second-order valence-corrected chi connectivity index (χ2v) is 5.31. The Kier molecular flexibility index (Phi) is 3.47. The van der Waals surface area contributed by atoms with Crippen LogP contribution in [-0.4, -0.2) is 46.6 Å². The zero-order chi connectivity index (χ0) is 12.6. The van der Waals surface area contributed by atoms with Crippen LogP contribution in [0.15, 0.2) is 0 Å². The molecular weight excluding hydrogens is 246 g/mol. The van der Waals surface area contributed by atoms with Crippen molar-refractivity contribution in [1.82, 2.24) is 4.90 Å². The number of alkyl halides is 1. The summed E-state index contributed by atoms with van der Waals surface area (Å²) in [4.78, 5) is 24.5. The third-order valence-corrected chi connectivity index (χ3v) is 4.11. The Labute approximate surface area is 105 Å². The zero-order valence-electron chi connectivity index (χ0n) is 9.63. The lowest BCUT2D eigenvalue weighted by molar-refractivity contribution is -0.147. The van der Waals surface area contributed by atoms with Crippen molar-refractivity contribution in [3.8, 4) is 0 Å². The number of halogens is 1. The van der Waals surface area contributed by atoms with E-state index in [1.54, 1.807) is 4.90 Å². The van der Waals surface area contributed by atoms with Gasteiger partial charge < -0.3 is 14.7 Å². The highest BCUT2D eigenvalue weighted by atomic mass is 35.5. The van der Waals surface area contributed by atoms with Gasteiger partial charge in [-0.05, 0) is 25.7 Å². The van der Waals surface area contributed by atoms with Gasteiger partial charge in [0, 0.05) is 11.4 Å². The molecule has 2 saturated heterocycles. The number of nitrogens with zero attached hydrogens (tertiary/aromatic N) is 1. The lowest BCUT2D eigenvalue weighted by Gasteiger charge is -2.49. The number of amides is 1. The summed E-state index contributed by atoms with van der Waals surface area (Å²) in [6.45, 7) is 0. The predicted molar refractivity (Wildman–Crippen MR) is 61.1 cm³/mol. The summed E-state index contributed by atoms with van der Waals surface area (Å²) in [5.74, 6) is -1.37. The Morgan fingerprint density at radius 3 is 2.65 bits per heavy atom. The first-order chi connectivity index (χ1) is 8.04. The van der Waals surface area contributed by atoms with Gasteiger partial charge in [0.2, 0.25) is 0 Å². The van der Waals surface area contributed by atoms with Crippen molar-refractivity contribution >= 4 is 23.7 Å². The van der Waals surface area contributed by atoms with Gasteiger partial charge in [-0.3, -0.25) is 4.79 Å². The van der Waals surface area contributed by atoms with Crippen LogP contribution in [0.1, 0.15) is 25.7 Å². The lowest BCUT2D eigenvalue weighted by atomic mass is 9.77. The number of carboxylic acid groups (broad SMARTS) is 1. The molecule has 2 aliphatic rings. The molecule has 6 heteroatoms. The van der Waals surface area contributed by atoms with Crippen LogP contribution < -0.4 is 0 Å². The molecule has 0 aromatic carbocycles. The number of carboxylic acids is 1. The first-order valence-corrected chi connectivity index (χ1v) is 6.21. The van der Waals surface area contributed by atoms with Crippen LogP contribution in [0.25, 0.3) is 0 Å². The van der Waals surface area contributed by atoms with Gasteiger partial charge in [-0.25, -0.2) is 4.79 Å². The quantitative estimate of drug-likeness (QED) is 0.730. The van der Waals surface area contributed by atoms with E-state index in [2.05, 4.69) is 0 Å². The van der Waals surface area contributed by atoms with Crippen molar-refractivity contribution in [3.05, 3.63) is 0 Å². The van der Waals surface area contributed by atoms with Gasteiger partial charge in [0.25, 0.3) is 0 Å². The van der Waals surface area contributed by atoms with Gasteiger partial charge in [-0.15, -0.1) is 11.6 Å². The maximum absolute atomic E-state index is 11.7. The number of methoxy groups -OCH3 is 1. The minimum absolute atomic E-state index is 0.0271. The minimum atomic E-state index is -0.854. The van der Waals surface area contributed by atoms with Gasteiger partial charge in [0.05, 0.1) is 19.1 Å². The first-order valence-electron chi connectivity index (χ1n) is 5.77. The maximum Gasteiger partial charge on any atom is 0.410 e. The fourth-order valence-electron chi connectivity index (χ4n) is 3.01. The highest BCUT2D eigenvalue weighted by Gasteiger charge is 2.47. The van der Waals surface area contributed by atoms with Crippen LogP contribution in [0.5, 0.6) is 0 Å². The number of ether oxygens (including phenoxy) is 1. The molecule has 0 aromatic heterocycles. The molecule has 96 valence electrons. The van der Waals surface area contributed by atoms with Crippen molar-refractivity contribution in [1.29, 1.82) is 0 Å². The number of piperidine rings is 2. The summed E-state index contributed by atoms with van der Waals surface area (Å²) < 4.78 is 4.74. The van der Waals surface area contributed by atoms with Crippen LogP contribution in [0, 0.1) is 5.92 Å². The number of fused-ring (bicyclic) bond motifs is 2. The molecular formula is C11H16ClNO4. The van der Waals surface area contributed by atoms with E-state index in [4.69, 9.17) is 16.3 Å². The standard InChI is InChI=1S/C11H16ClNO4/c1-17-11(16)13-7-2-3-8(10(14)15)9(13)5-6(12)4-7/h6-9H,2-5H2,1H3,(H,14,15)/t6-,7-,8-,9-/m0/s1. The normalized spacial score (nSPS) is 36.5. The number of carbonyl (C=O) groups is 2. The molecule has 2 rings (SSSR count). The van der Waals surface area contributed by atoms with Gasteiger partial charge in [0.15, 0.2) is 0 Å². The van der Waals surface area contributed by atoms with Crippen molar-refractivity contribution in [2.75, 3.05) is 7.11 Å². The van der Waals surface area contributed by atoms with E-state index in [0.717, 1.165) is 6.42 Å². The molecule has 2 bridgehead atoms. The average Bonchev–Trinajstić information content (AvgIpc) is 2.26. The molecule has 2 heterocycles. The van der Waals surface area contributed by atoms with Gasteiger partial charge in [-0.1, -0.05) is 0 Å². The molecule has 0 unspecified atom stereocenters. The van der Waals surface area contributed by atoms with Gasteiger partial charge in [-0.2, -0.15) is 0 Å². The smallest absolute Gasteiger partial charge is 0.410 e. The molecule has 1 N–H and O–H groups in total. The molecule has 0 aromatic rings. The highest BCUT2D eigenvalue weighted by Crippen LogP contribution is 2.39. The maximum atomic E-state index is 11.7. The Bertz CT molecular complexity index is 335. The summed E-state index contributed by atoms with van der Waals surface area (Å²) >= 11 is 6.13. The average molecular weight is 262 g/mol. The molecule has 5 nitrogen and oxygen atoms in total. The van der Waals surface area contributed by atoms with Crippen molar-refractivity contribution in [2.45, 2.75) is 43.1 Å². The third kappa shape index (κ3) is 2.20. The van der Waals surface area contributed by atoms with Crippen LogP contribution in [0.4, 0.5) is 4.79 Å². The second-order valence-electron chi connectivity index (χ2n) is 4.69. The van der Waals surface area contributed by atoms with Crippen LogP contribution in [0.2, 0.25) is 0 Å². The third-order valence-electron chi connectivity index (χ3n) is 3.75. The molecule has 2 aliphatic heterocycles. The Balaban J connectivity index is 2.25. The summed E-state index contributed by atoms with van der Waals surface area (Å²) in [5.41, 5.74) is 0. The van der Waals surface area contributed by atoms with E-state index in [1.807, 2.05) is 0 Å². The zero-order valence-corrected chi connectivity index (χ0v) is 10.4. The SMILES string of the molecule is COC(=O)N1[C@H]2CC[C@H](C(=O)O)[C@@H]1C[C@@H](Cl)C2.